The lowest BCUT2D eigenvalue weighted by atomic mass is 10.1. The van der Waals surface area contributed by atoms with E-state index >= 15 is 0 Å². The zero-order valence-corrected chi connectivity index (χ0v) is 11.2. The first-order valence-electron chi connectivity index (χ1n) is 6.63. The van der Waals surface area contributed by atoms with E-state index in [-0.39, 0.29) is 18.5 Å². The lowest BCUT2D eigenvalue weighted by molar-refractivity contribution is -0.119. The molecule has 6 heteroatoms. The number of hydrogen-bond donors (Lipinski definition) is 1. The van der Waals surface area contributed by atoms with Crippen LogP contribution in [-0.2, 0) is 4.79 Å². The average Bonchev–Trinajstić information content (AvgIpc) is 2.48. The van der Waals surface area contributed by atoms with Crippen molar-refractivity contribution in [3.05, 3.63) is 12.1 Å². The Bertz CT molecular complexity index is 594. The highest BCUT2D eigenvalue weighted by Gasteiger charge is 2.33. The molecule has 104 valence electrons. The van der Waals surface area contributed by atoms with Crippen LogP contribution in [0.4, 0.5) is 11.4 Å². The Morgan fingerprint density at radius 1 is 1.40 bits per heavy atom. The fourth-order valence-corrected chi connectivity index (χ4v) is 2.48. The molecule has 0 fully saturated rings. The summed E-state index contributed by atoms with van der Waals surface area (Å²) in [6.45, 7) is 2.97. The second kappa shape index (κ2) is 4.93. The maximum absolute atomic E-state index is 12.3. The molecule has 1 atom stereocenters. The van der Waals surface area contributed by atoms with Gasteiger partial charge in [0.15, 0.2) is 11.5 Å². The van der Waals surface area contributed by atoms with Crippen molar-refractivity contribution in [1.82, 2.24) is 0 Å². The summed E-state index contributed by atoms with van der Waals surface area (Å²) in [5.74, 6) is 1.20. The highest BCUT2D eigenvalue weighted by Crippen LogP contribution is 2.42. The van der Waals surface area contributed by atoms with Crippen LogP contribution in [0.25, 0.3) is 0 Å². The highest BCUT2D eigenvalue weighted by atomic mass is 16.6. The number of hydrogen-bond acceptors (Lipinski definition) is 5. The number of nitrogens with one attached hydrogen (secondary N) is 1. The first kappa shape index (κ1) is 12.6. The Labute approximate surface area is 116 Å². The largest absolute Gasteiger partial charge is 0.486 e. The van der Waals surface area contributed by atoms with Crippen LogP contribution in [-0.4, -0.2) is 31.7 Å². The van der Waals surface area contributed by atoms with Gasteiger partial charge in [-0.3, -0.25) is 9.69 Å². The van der Waals surface area contributed by atoms with Crippen LogP contribution in [0.1, 0.15) is 13.3 Å². The fraction of sp³-hybridized carbons (Fsp3) is 0.429. The van der Waals surface area contributed by atoms with E-state index in [1.807, 2.05) is 19.1 Å². The van der Waals surface area contributed by atoms with Crippen molar-refractivity contribution >= 4 is 17.3 Å². The monoisotopic (exact) mass is 273 g/mol. The van der Waals surface area contributed by atoms with Gasteiger partial charge >= 0.3 is 0 Å². The van der Waals surface area contributed by atoms with E-state index in [9.17, 15) is 4.79 Å². The molecule has 20 heavy (non-hydrogen) atoms. The summed E-state index contributed by atoms with van der Waals surface area (Å²) in [6, 6.07) is 5.33. The smallest absolute Gasteiger partial charge is 0.250 e. The van der Waals surface area contributed by atoms with Gasteiger partial charge in [-0.15, -0.1) is 0 Å². The zero-order valence-electron chi connectivity index (χ0n) is 11.2. The van der Waals surface area contributed by atoms with E-state index in [2.05, 4.69) is 5.32 Å². The van der Waals surface area contributed by atoms with Gasteiger partial charge in [-0.2, -0.15) is 5.26 Å². The average molecular weight is 273 g/mol. The van der Waals surface area contributed by atoms with Gasteiger partial charge in [0.25, 0.3) is 0 Å². The van der Waals surface area contributed by atoms with Gasteiger partial charge in [-0.25, -0.2) is 0 Å². The summed E-state index contributed by atoms with van der Waals surface area (Å²) < 4.78 is 11.1. The molecule has 1 aromatic carbocycles. The van der Waals surface area contributed by atoms with Crippen molar-refractivity contribution in [3.63, 3.8) is 0 Å². The summed E-state index contributed by atoms with van der Waals surface area (Å²) in [5.41, 5.74) is 1.47. The molecule has 0 saturated carbocycles. The van der Waals surface area contributed by atoms with E-state index in [1.54, 1.807) is 6.07 Å². The Balaban J connectivity index is 2.07. The number of carbonyl (C=O) groups is 1. The number of anilines is 2. The SMILES string of the molecule is CCC1Nc2cc3c(cc2N(CC#N)C1=O)OCCO3. The maximum atomic E-state index is 12.3. The van der Waals surface area contributed by atoms with Crippen LogP contribution in [0.5, 0.6) is 11.5 Å². The highest BCUT2D eigenvalue weighted by molar-refractivity contribution is 6.05. The third-order valence-corrected chi connectivity index (χ3v) is 3.48. The third-order valence-electron chi connectivity index (χ3n) is 3.48. The number of nitrogens with zero attached hydrogens (tertiary/aromatic N) is 2. The number of fused-ring (bicyclic) bond motifs is 2. The molecule has 0 saturated heterocycles. The van der Waals surface area contributed by atoms with Gasteiger partial charge in [-0.05, 0) is 6.42 Å². The molecule has 3 rings (SSSR count). The maximum Gasteiger partial charge on any atom is 0.250 e. The van der Waals surface area contributed by atoms with Gasteiger partial charge in [0.05, 0.1) is 17.4 Å². The first-order chi connectivity index (χ1) is 9.74. The van der Waals surface area contributed by atoms with Gasteiger partial charge in [-0.1, -0.05) is 6.92 Å². The van der Waals surface area contributed by atoms with Crippen LogP contribution in [0.2, 0.25) is 0 Å². The summed E-state index contributed by atoms with van der Waals surface area (Å²) in [6.07, 6.45) is 0.661. The van der Waals surface area contributed by atoms with Crippen LogP contribution in [0.3, 0.4) is 0 Å². The van der Waals surface area contributed by atoms with Gasteiger partial charge in [0.1, 0.15) is 25.8 Å². The number of rotatable bonds is 2. The van der Waals surface area contributed by atoms with Gasteiger partial charge in [0, 0.05) is 12.1 Å². The number of benzene rings is 1. The molecule has 0 aromatic heterocycles. The van der Waals surface area contributed by atoms with E-state index < -0.39 is 0 Å². The molecule has 0 aliphatic carbocycles. The third kappa shape index (κ3) is 1.92. The van der Waals surface area contributed by atoms with Crippen molar-refractivity contribution in [2.24, 2.45) is 0 Å². The molecule has 6 nitrogen and oxygen atoms in total. The zero-order chi connectivity index (χ0) is 14.1. The molecule has 1 N–H and O–H groups in total. The molecule has 1 unspecified atom stereocenters. The van der Waals surface area contributed by atoms with E-state index in [1.165, 1.54) is 4.90 Å². The summed E-state index contributed by atoms with van der Waals surface area (Å²) in [5, 5.41) is 12.1. The summed E-state index contributed by atoms with van der Waals surface area (Å²) in [7, 11) is 0. The molecule has 2 heterocycles. The predicted octanol–water partition coefficient (Wildman–Crippen LogP) is 1.52. The van der Waals surface area contributed by atoms with Crippen molar-refractivity contribution in [1.29, 1.82) is 5.26 Å². The summed E-state index contributed by atoms with van der Waals surface area (Å²) >= 11 is 0. The standard InChI is InChI=1S/C14H15N3O3/c1-2-9-14(18)17(4-3-15)11-8-13-12(7-10(11)16-9)19-5-6-20-13/h7-9,16H,2,4-6H2,1H3. The number of ether oxygens (including phenoxy) is 2. The van der Waals surface area contributed by atoms with Crippen LogP contribution in [0, 0.1) is 11.3 Å². The Morgan fingerprint density at radius 2 is 2.10 bits per heavy atom. The van der Waals surface area contributed by atoms with Crippen LogP contribution >= 0.6 is 0 Å². The second-order valence-corrected chi connectivity index (χ2v) is 4.70. The van der Waals surface area contributed by atoms with Crippen molar-refractivity contribution in [2.75, 3.05) is 30.0 Å². The van der Waals surface area contributed by atoms with Crippen molar-refractivity contribution < 1.29 is 14.3 Å². The molecular formula is C14H15N3O3. The number of amides is 1. The molecule has 0 spiro atoms. The minimum Gasteiger partial charge on any atom is -0.486 e. The lowest BCUT2D eigenvalue weighted by Crippen LogP contribution is -2.47. The normalized spacial score (nSPS) is 19.9. The van der Waals surface area contributed by atoms with Crippen LogP contribution < -0.4 is 19.7 Å². The van der Waals surface area contributed by atoms with Gasteiger partial charge in [0.2, 0.25) is 5.91 Å². The first-order valence-corrected chi connectivity index (χ1v) is 6.63. The Morgan fingerprint density at radius 3 is 2.75 bits per heavy atom. The van der Waals surface area contributed by atoms with E-state index in [0.717, 1.165) is 5.69 Å². The number of nitriles is 1. The quantitative estimate of drug-likeness (QED) is 0.827. The van der Waals surface area contributed by atoms with E-state index in [4.69, 9.17) is 14.7 Å². The second-order valence-electron chi connectivity index (χ2n) is 4.70. The lowest BCUT2D eigenvalue weighted by Gasteiger charge is -2.34. The van der Waals surface area contributed by atoms with Gasteiger partial charge < -0.3 is 14.8 Å². The molecule has 2 aliphatic rings. The van der Waals surface area contributed by atoms with Crippen molar-refractivity contribution in [2.45, 2.75) is 19.4 Å². The minimum absolute atomic E-state index is 0.0314. The summed E-state index contributed by atoms with van der Waals surface area (Å²) in [4.78, 5) is 13.8. The molecule has 0 bridgehead atoms. The fourth-order valence-electron chi connectivity index (χ4n) is 2.48. The topological polar surface area (TPSA) is 74.6 Å². The van der Waals surface area contributed by atoms with Crippen LogP contribution in [0.15, 0.2) is 12.1 Å². The van der Waals surface area contributed by atoms with E-state index in [0.29, 0.717) is 36.8 Å². The van der Waals surface area contributed by atoms with Crippen molar-refractivity contribution in [3.8, 4) is 17.6 Å². The predicted molar refractivity (Wildman–Crippen MR) is 73.1 cm³/mol. The molecular weight excluding hydrogens is 258 g/mol. The molecule has 1 aromatic rings. The molecule has 1 amide bonds. The molecule has 2 aliphatic heterocycles. The molecule has 0 radical (unpaired) electrons. The Kier molecular flexibility index (Phi) is 3.11. The Hall–Kier alpha value is -2.42. The minimum atomic E-state index is -0.307. The number of carbonyl (C=O) groups excluding carboxylic acids is 1.